The minimum atomic E-state index is 0.949. The Morgan fingerprint density at radius 1 is 1.00 bits per heavy atom. The molecule has 0 spiro atoms. The molecule has 0 aliphatic heterocycles. The van der Waals surface area contributed by atoms with E-state index in [2.05, 4.69) is 68.6 Å². The average molecular weight is 271 g/mol. The third-order valence-corrected chi connectivity index (χ3v) is 4.25. The van der Waals surface area contributed by atoms with Crippen molar-refractivity contribution in [2.24, 2.45) is 0 Å². The van der Waals surface area contributed by atoms with Gasteiger partial charge in [-0.1, -0.05) is 48.5 Å². The van der Waals surface area contributed by atoms with E-state index in [9.17, 15) is 0 Å². The van der Waals surface area contributed by atoms with E-state index in [0.717, 1.165) is 13.1 Å². The summed E-state index contributed by atoms with van der Waals surface area (Å²) in [5, 5.41) is 3.34. The fourth-order valence-corrected chi connectivity index (χ4v) is 2.87. The minimum absolute atomic E-state index is 0.949. The summed E-state index contributed by atoms with van der Waals surface area (Å²) in [6.45, 7) is 8.40. The zero-order chi connectivity index (χ0) is 13.7. The summed E-state index contributed by atoms with van der Waals surface area (Å²) in [6, 6.07) is 15.4. The number of hydrogen-bond donors (Lipinski definition) is 1. The van der Waals surface area contributed by atoms with Gasteiger partial charge in [0.1, 0.15) is 0 Å². The summed E-state index contributed by atoms with van der Waals surface area (Å²) in [7, 11) is 0. The van der Waals surface area contributed by atoms with Crippen molar-refractivity contribution in [3.05, 3.63) is 59.2 Å². The van der Waals surface area contributed by atoms with Crippen LogP contribution in [0.5, 0.6) is 0 Å². The average Bonchev–Trinajstić information content (AvgIpc) is 2.41. The monoisotopic (exact) mass is 271 g/mol. The van der Waals surface area contributed by atoms with Crippen LogP contribution in [0.2, 0.25) is 0 Å². The molecule has 100 valence electrons. The standard InChI is InChI=1S/C17H21NS/c1-4-18-12-15-6-8-16(9-7-15)19-17-10-5-13(2)11-14(17)3/h5-11,18H,4,12H2,1-3H3. The van der Waals surface area contributed by atoms with Crippen LogP contribution in [0.1, 0.15) is 23.6 Å². The predicted octanol–water partition coefficient (Wildman–Crippen LogP) is 4.56. The quantitative estimate of drug-likeness (QED) is 0.855. The highest BCUT2D eigenvalue weighted by molar-refractivity contribution is 7.99. The van der Waals surface area contributed by atoms with Crippen molar-refractivity contribution in [3.8, 4) is 0 Å². The zero-order valence-electron chi connectivity index (χ0n) is 11.9. The van der Waals surface area contributed by atoms with Crippen LogP contribution in [0, 0.1) is 13.8 Å². The second kappa shape index (κ2) is 6.78. The Labute approximate surface area is 120 Å². The van der Waals surface area contributed by atoms with E-state index in [1.165, 1.54) is 26.5 Å². The van der Waals surface area contributed by atoms with Crippen LogP contribution >= 0.6 is 11.8 Å². The molecule has 0 heterocycles. The van der Waals surface area contributed by atoms with E-state index in [4.69, 9.17) is 0 Å². The first-order valence-corrected chi connectivity index (χ1v) is 7.55. The molecule has 0 amide bonds. The van der Waals surface area contributed by atoms with Crippen LogP contribution < -0.4 is 5.32 Å². The number of benzene rings is 2. The van der Waals surface area contributed by atoms with E-state index >= 15 is 0 Å². The van der Waals surface area contributed by atoms with Gasteiger partial charge in [-0.2, -0.15) is 0 Å². The van der Waals surface area contributed by atoms with Gasteiger partial charge in [-0.25, -0.2) is 0 Å². The molecule has 0 bridgehead atoms. The van der Waals surface area contributed by atoms with E-state index in [0.29, 0.717) is 0 Å². The van der Waals surface area contributed by atoms with Gasteiger partial charge in [0.15, 0.2) is 0 Å². The van der Waals surface area contributed by atoms with Gasteiger partial charge in [0.2, 0.25) is 0 Å². The lowest BCUT2D eigenvalue weighted by Crippen LogP contribution is -2.11. The maximum Gasteiger partial charge on any atom is 0.0205 e. The van der Waals surface area contributed by atoms with Crippen LogP contribution in [0.4, 0.5) is 0 Å². The Hall–Kier alpha value is -1.25. The lowest BCUT2D eigenvalue weighted by molar-refractivity contribution is 0.726. The van der Waals surface area contributed by atoms with E-state index in [1.54, 1.807) is 0 Å². The molecule has 0 saturated heterocycles. The Morgan fingerprint density at radius 3 is 2.37 bits per heavy atom. The van der Waals surface area contributed by atoms with Gasteiger partial charge in [-0.3, -0.25) is 0 Å². The van der Waals surface area contributed by atoms with Gasteiger partial charge in [0, 0.05) is 16.3 Å². The minimum Gasteiger partial charge on any atom is -0.313 e. The molecule has 0 atom stereocenters. The maximum absolute atomic E-state index is 3.34. The predicted molar refractivity (Wildman–Crippen MR) is 83.9 cm³/mol. The molecule has 2 aromatic rings. The smallest absolute Gasteiger partial charge is 0.0205 e. The molecule has 0 aromatic heterocycles. The van der Waals surface area contributed by atoms with Crippen LogP contribution in [-0.2, 0) is 6.54 Å². The van der Waals surface area contributed by atoms with E-state index in [-0.39, 0.29) is 0 Å². The Bertz CT molecular complexity index is 531. The summed E-state index contributed by atoms with van der Waals surface area (Å²) >= 11 is 1.84. The van der Waals surface area contributed by atoms with Gasteiger partial charge in [-0.05, 0) is 49.7 Å². The highest BCUT2D eigenvalue weighted by atomic mass is 32.2. The summed E-state index contributed by atoms with van der Waals surface area (Å²) < 4.78 is 0. The number of hydrogen-bond acceptors (Lipinski definition) is 2. The van der Waals surface area contributed by atoms with E-state index in [1.807, 2.05) is 11.8 Å². The molecule has 0 radical (unpaired) electrons. The zero-order valence-corrected chi connectivity index (χ0v) is 12.7. The molecule has 0 unspecified atom stereocenters. The van der Waals surface area contributed by atoms with Crippen molar-refractivity contribution in [2.45, 2.75) is 37.1 Å². The number of rotatable bonds is 5. The molecule has 2 heteroatoms. The molecule has 1 N–H and O–H groups in total. The van der Waals surface area contributed by atoms with Crippen LogP contribution in [0.15, 0.2) is 52.3 Å². The van der Waals surface area contributed by atoms with Crippen molar-refractivity contribution < 1.29 is 0 Å². The SMILES string of the molecule is CCNCc1ccc(Sc2ccc(C)cc2C)cc1. The van der Waals surface area contributed by atoms with Gasteiger partial charge >= 0.3 is 0 Å². The topological polar surface area (TPSA) is 12.0 Å². The number of aryl methyl sites for hydroxylation is 2. The molecule has 19 heavy (non-hydrogen) atoms. The molecular formula is C17H21NS. The van der Waals surface area contributed by atoms with Crippen LogP contribution in [0.3, 0.4) is 0 Å². The van der Waals surface area contributed by atoms with Crippen molar-refractivity contribution in [2.75, 3.05) is 6.54 Å². The molecule has 1 nitrogen and oxygen atoms in total. The summed E-state index contributed by atoms with van der Waals surface area (Å²) in [5.41, 5.74) is 4.01. The van der Waals surface area contributed by atoms with Gasteiger partial charge in [0.25, 0.3) is 0 Å². The summed E-state index contributed by atoms with van der Waals surface area (Å²) in [6.07, 6.45) is 0. The van der Waals surface area contributed by atoms with Crippen molar-refractivity contribution >= 4 is 11.8 Å². The lowest BCUT2D eigenvalue weighted by atomic mass is 10.2. The molecule has 2 aromatic carbocycles. The Kier molecular flexibility index (Phi) is 5.06. The van der Waals surface area contributed by atoms with Crippen molar-refractivity contribution in [3.63, 3.8) is 0 Å². The van der Waals surface area contributed by atoms with Crippen molar-refractivity contribution in [1.82, 2.24) is 5.32 Å². The molecule has 0 saturated carbocycles. The highest BCUT2D eigenvalue weighted by Crippen LogP contribution is 2.30. The molecule has 0 aliphatic carbocycles. The fourth-order valence-electron chi connectivity index (χ4n) is 1.99. The normalized spacial score (nSPS) is 10.7. The first-order chi connectivity index (χ1) is 9.19. The first kappa shape index (κ1) is 14.2. The van der Waals surface area contributed by atoms with Crippen LogP contribution in [-0.4, -0.2) is 6.54 Å². The Morgan fingerprint density at radius 2 is 1.74 bits per heavy atom. The third kappa shape index (κ3) is 4.12. The Balaban J connectivity index is 2.06. The van der Waals surface area contributed by atoms with Gasteiger partial charge in [0.05, 0.1) is 0 Å². The van der Waals surface area contributed by atoms with E-state index < -0.39 is 0 Å². The second-order valence-corrected chi connectivity index (χ2v) is 5.91. The number of nitrogens with one attached hydrogen (secondary N) is 1. The van der Waals surface area contributed by atoms with Crippen LogP contribution in [0.25, 0.3) is 0 Å². The lowest BCUT2D eigenvalue weighted by Gasteiger charge is -2.08. The fraction of sp³-hybridized carbons (Fsp3) is 0.294. The summed E-state index contributed by atoms with van der Waals surface area (Å²) in [4.78, 5) is 2.64. The highest BCUT2D eigenvalue weighted by Gasteiger charge is 2.01. The summed E-state index contributed by atoms with van der Waals surface area (Å²) in [5.74, 6) is 0. The molecular weight excluding hydrogens is 250 g/mol. The molecule has 0 aliphatic rings. The third-order valence-electron chi connectivity index (χ3n) is 3.06. The van der Waals surface area contributed by atoms with Gasteiger partial charge in [-0.15, -0.1) is 0 Å². The largest absolute Gasteiger partial charge is 0.313 e. The van der Waals surface area contributed by atoms with Crippen molar-refractivity contribution in [1.29, 1.82) is 0 Å². The van der Waals surface area contributed by atoms with Gasteiger partial charge < -0.3 is 5.32 Å². The first-order valence-electron chi connectivity index (χ1n) is 6.74. The molecule has 2 rings (SSSR count). The maximum atomic E-state index is 3.34. The second-order valence-electron chi connectivity index (χ2n) is 4.80. The molecule has 0 fully saturated rings.